The predicted octanol–water partition coefficient (Wildman–Crippen LogP) is 0.866. The van der Waals surface area contributed by atoms with Crippen molar-refractivity contribution in [3.05, 3.63) is 24.3 Å². The van der Waals surface area contributed by atoms with Gasteiger partial charge in [-0.15, -0.1) is 0 Å². The first-order valence-corrected chi connectivity index (χ1v) is 3.66. The van der Waals surface area contributed by atoms with Crippen LogP contribution in [0.1, 0.15) is 0 Å². The highest BCUT2D eigenvalue weighted by molar-refractivity contribution is 5.29. The molecule has 0 spiro atoms. The number of hydrogen-bond acceptors (Lipinski definition) is 3. The van der Waals surface area contributed by atoms with Gasteiger partial charge in [-0.05, 0) is 18.2 Å². The molecule has 1 N–H and O–H groups in total. The van der Waals surface area contributed by atoms with Gasteiger partial charge in [0.25, 0.3) is 0 Å². The Morgan fingerprint density at radius 1 is 1.50 bits per heavy atom. The summed E-state index contributed by atoms with van der Waals surface area (Å²) < 4.78 is 10.0. The number of hydrogen-bond donors (Lipinski definition) is 1. The van der Waals surface area contributed by atoms with Crippen LogP contribution in [0.5, 0.6) is 11.5 Å². The molecule has 65 valence electrons. The topological polar surface area (TPSA) is 38.7 Å². The summed E-state index contributed by atoms with van der Waals surface area (Å²) in [5.74, 6) is 1.36. The molecule has 0 aromatic heterocycles. The van der Waals surface area contributed by atoms with Gasteiger partial charge in [0.05, 0.1) is 13.7 Å². The summed E-state index contributed by atoms with van der Waals surface area (Å²) >= 11 is 0. The van der Waals surface area contributed by atoms with E-state index in [9.17, 15) is 0 Å². The van der Waals surface area contributed by atoms with Crippen LogP contribution < -0.4 is 9.47 Å². The van der Waals surface area contributed by atoms with E-state index in [1.807, 2.05) is 0 Å². The molecule has 0 saturated carbocycles. The van der Waals surface area contributed by atoms with Crippen LogP contribution in [0.2, 0.25) is 0 Å². The maximum atomic E-state index is 8.46. The average Bonchev–Trinajstić information content (AvgIpc) is 2.15. The summed E-state index contributed by atoms with van der Waals surface area (Å²) in [6.45, 7) is 0.308. The standard InChI is InChI=1S/C9H11O3/c1-11-8-2-4-9(5-3-8)12-7-6-10/h2-4,10H,6-7H2,1H3. The molecule has 1 aromatic carbocycles. The van der Waals surface area contributed by atoms with Crippen molar-refractivity contribution in [2.75, 3.05) is 20.3 Å². The Bertz CT molecular complexity index is 218. The number of aliphatic hydroxyl groups excluding tert-OH is 1. The summed E-state index contributed by atoms with van der Waals surface area (Å²) in [5.41, 5.74) is 0. The first-order valence-electron chi connectivity index (χ1n) is 3.66. The number of ether oxygens (including phenoxy) is 2. The minimum Gasteiger partial charge on any atom is -0.497 e. The van der Waals surface area contributed by atoms with Crippen molar-refractivity contribution in [3.8, 4) is 11.5 Å². The van der Waals surface area contributed by atoms with Gasteiger partial charge in [0.2, 0.25) is 0 Å². The summed E-state index contributed by atoms with van der Waals surface area (Å²) in [7, 11) is 1.59. The van der Waals surface area contributed by atoms with Gasteiger partial charge in [-0.2, -0.15) is 0 Å². The maximum absolute atomic E-state index is 8.46. The molecule has 0 bridgehead atoms. The van der Waals surface area contributed by atoms with Crippen molar-refractivity contribution in [1.82, 2.24) is 0 Å². The van der Waals surface area contributed by atoms with Crippen LogP contribution in [0, 0.1) is 6.07 Å². The molecular formula is C9H11O3. The second kappa shape index (κ2) is 4.62. The molecule has 0 aliphatic rings. The molecule has 0 aliphatic carbocycles. The number of aliphatic hydroxyl groups is 1. The zero-order valence-corrected chi connectivity index (χ0v) is 6.91. The minimum atomic E-state index is 0.0138. The van der Waals surface area contributed by atoms with Crippen molar-refractivity contribution in [3.63, 3.8) is 0 Å². The zero-order valence-electron chi connectivity index (χ0n) is 6.91. The Balaban J connectivity index is 2.53. The SMILES string of the molecule is COc1c[c]c(OCCO)cc1. The highest BCUT2D eigenvalue weighted by Crippen LogP contribution is 2.15. The molecule has 0 amide bonds. The van der Waals surface area contributed by atoms with E-state index in [1.54, 1.807) is 25.3 Å². The van der Waals surface area contributed by atoms with Crippen molar-refractivity contribution < 1.29 is 14.6 Å². The molecule has 0 atom stereocenters. The van der Waals surface area contributed by atoms with Gasteiger partial charge in [-0.3, -0.25) is 0 Å². The first-order chi connectivity index (χ1) is 5.86. The van der Waals surface area contributed by atoms with Gasteiger partial charge in [0.1, 0.15) is 18.1 Å². The lowest BCUT2D eigenvalue weighted by molar-refractivity contribution is 0.201. The van der Waals surface area contributed by atoms with Gasteiger partial charge in [-0.1, -0.05) is 0 Å². The van der Waals surface area contributed by atoms with E-state index in [1.165, 1.54) is 0 Å². The predicted molar refractivity (Wildman–Crippen MR) is 44.4 cm³/mol. The summed E-state index contributed by atoms with van der Waals surface area (Å²) in [6, 6.07) is 8.08. The second-order valence-corrected chi connectivity index (χ2v) is 2.16. The van der Waals surface area contributed by atoms with Crippen LogP contribution in [-0.4, -0.2) is 25.4 Å². The fourth-order valence-corrected chi connectivity index (χ4v) is 0.769. The summed E-state index contributed by atoms with van der Waals surface area (Å²) in [6.07, 6.45) is 0. The van der Waals surface area contributed by atoms with Crippen molar-refractivity contribution in [2.45, 2.75) is 0 Å². The first kappa shape index (κ1) is 8.87. The van der Waals surface area contributed by atoms with E-state index < -0.39 is 0 Å². The lowest BCUT2D eigenvalue weighted by atomic mass is 10.3. The van der Waals surface area contributed by atoms with Gasteiger partial charge in [0.15, 0.2) is 0 Å². The molecule has 12 heavy (non-hydrogen) atoms. The van der Waals surface area contributed by atoms with Crippen molar-refractivity contribution in [2.24, 2.45) is 0 Å². The van der Waals surface area contributed by atoms with E-state index in [0.717, 1.165) is 5.75 Å². The fraction of sp³-hybridized carbons (Fsp3) is 0.333. The number of rotatable bonds is 4. The fourth-order valence-electron chi connectivity index (χ4n) is 0.769. The molecule has 0 heterocycles. The minimum absolute atomic E-state index is 0.0138. The lowest BCUT2D eigenvalue weighted by Crippen LogP contribution is -2.01. The van der Waals surface area contributed by atoms with Gasteiger partial charge >= 0.3 is 0 Å². The van der Waals surface area contributed by atoms with Gasteiger partial charge in [-0.25, -0.2) is 0 Å². The molecule has 0 saturated heterocycles. The Morgan fingerprint density at radius 3 is 2.83 bits per heavy atom. The van der Waals surface area contributed by atoms with Crippen LogP contribution >= 0.6 is 0 Å². The van der Waals surface area contributed by atoms with Crippen LogP contribution in [0.15, 0.2) is 18.2 Å². The molecule has 0 aliphatic heterocycles. The molecule has 3 nitrogen and oxygen atoms in total. The molecule has 0 fully saturated rings. The monoisotopic (exact) mass is 167 g/mol. The molecule has 0 unspecified atom stereocenters. The summed E-state index contributed by atoms with van der Waals surface area (Å²) in [4.78, 5) is 0. The Kier molecular flexibility index (Phi) is 3.41. The molecule has 1 rings (SSSR count). The third kappa shape index (κ3) is 2.43. The maximum Gasteiger partial charge on any atom is 0.127 e. The highest BCUT2D eigenvalue weighted by atomic mass is 16.5. The number of methoxy groups -OCH3 is 1. The molecular weight excluding hydrogens is 156 g/mol. The summed E-state index contributed by atoms with van der Waals surface area (Å²) in [5, 5.41) is 8.46. The van der Waals surface area contributed by atoms with E-state index in [-0.39, 0.29) is 6.61 Å². The van der Waals surface area contributed by atoms with Gasteiger partial charge < -0.3 is 14.6 Å². The zero-order chi connectivity index (χ0) is 8.81. The second-order valence-electron chi connectivity index (χ2n) is 2.16. The van der Waals surface area contributed by atoms with E-state index >= 15 is 0 Å². The smallest absolute Gasteiger partial charge is 0.127 e. The lowest BCUT2D eigenvalue weighted by Gasteiger charge is -2.03. The van der Waals surface area contributed by atoms with Crippen molar-refractivity contribution in [1.29, 1.82) is 0 Å². The Labute approximate surface area is 71.5 Å². The van der Waals surface area contributed by atoms with E-state index in [0.29, 0.717) is 12.4 Å². The average molecular weight is 167 g/mol. The van der Waals surface area contributed by atoms with Crippen LogP contribution in [0.3, 0.4) is 0 Å². The van der Waals surface area contributed by atoms with Crippen LogP contribution in [0.25, 0.3) is 0 Å². The largest absolute Gasteiger partial charge is 0.497 e. The van der Waals surface area contributed by atoms with Crippen LogP contribution in [0.4, 0.5) is 0 Å². The molecule has 3 heteroatoms. The quantitative estimate of drug-likeness (QED) is 0.723. The third-order valence-electron chi connectivity index (χ3n) is 1.34. The third-order valence-corrected chi connectivity index (χ3v) is 1.34. The van der Waals surface area contributed by atoms with Crippen molar-refractivity contribution >= 4 is 0 Å². The highest BCUT2D eigenvalue weighted by Gasteiger charge is 1.93. The Hall–Kier alpha value is -1.22. The van der Waals surface area contributed by atoms with Gasteiger partial charge in [0, 0.05) is 6.07 Å². The number of benzene rings is 1. The molecule has 1 aromatic rings. The Morgan fingerprint density at radius 2 is 2.33 bits per heavy atom. The molecule has 1 radical (unpaired) electrons. The van der Waals surface area contributed by atoms with Crippen LogP contribution in [-0.2, 0) is 0 Å². The van der Waals surface area contributed by atoms with E-state index in [4.69, 9.17) is 14.6 Å². The van der Waals surface area contributed by atoms with E-state index in [2.05, 4.69) is 6.07 Å². The normalized spacial score (nSPS) is 9.50.